The number of nitrogens with one attached hydrogen (secondary N) is 1. The van der Waals surface area contributed by atoms with Gasteiger partial charge in [-0.2, -0.15) is 0 Å². The summed E-state index contributed by atoms with van der Waals surface area (Å²) in [5.74, 6) is 4.41. The number of benzene rings is 1. The molecule has 3 heterocycles. The molecule has 2 saturated heterocycles. The Morgan fingerprint density at radius 3 is 2.62 bits per heavy atom. The van der Waals surface area contributed by atoms with Crippen molar-refractivity contribution < 1.29 is 4.74 Å². The Morgan fingerprint density at radius 1 is 1.16 bits per heavy atom. The number of hydrogen-bond donors (Lipinski definition) is 1. The maximum atomic E-state index is 5.26. The van der Waals surface area contributed by atoms with E-state index in [1.165, 1.54) is 44.5 Å². The number of guanidine groups is 1. The molecule has 8 heteroatoms. The topological polar surface area (TPSA) is 70.8 Å². The Bertz CT molecular complexity index is 886. The molecular formula is C24H37N7O. The molecule has 0 amide bonds. The molecule has 2 fully saturated rings. The van der Waals surface area contributed by atoms with Crippen molar-refractivity contribution in [2.45, 2.75) is 39.2 Å². The van der Waals surface area contributed by atoms with Crippen molar-refractivity contribution in [3.8, 4) is 5.75 Å². The highest BCUT2D eigenvalue weighted by Gasteiger charge is 2.27. The number of nitrogens with zero attached hydrogens (tertiary/aromatic N) is 6. The maximum absolute atomic E-state index is 5.26. The molecule has 8 nitrogen and oxygen atoms in total. The molecule has 1 aromatic carbocycles. The molecule has 1 atom stereocenters. The van der Waals surface area contributed by atoms with E-state index in [1.54, 1.807) is 7.11 Å². The summed E-state index contributed by atoms with van der Waals surface area (Å²) in [7, 11) is 3.70. The van der Waals surface area contributed by atoms with E-state index in [0.29, 0.717) is 6.54 Å². The molecule has 4 rings (SSSR count). The monoisotopic (exact) mass is 439 g/mol. The minimum atomic E-state index is 0.537. The molecule has 2 aliphatic rings. The molecule has 174 valence electrons. The molecule has 32 heavy (non-hydrogen) atoms. The number of rotatable bonds is 8. The lowest BCUT2D eigenvalue weighted by Gasteiger charge is -2.24. The van der Waals surface area contributed by atoms with Crippen molar-refractivity contribution >= 4 is 5.96 Å². The molecule has 0 spiro atoms. The van der Waals surface area contributed by atoms with Gasteiger partial charge in [-0.05, 0) is 69.3 Å². The van der Waals surface area contributed by atoms with Crippen molar-refractivity contribution in [2.24, 2.45) is 18.0 Å². The Morgan fingerprint density at radius 2 is 1.94 bits per heavy atom. The highest BCUT2D eigenvalue weighted by atomic mass is 16.5. The minimum absolute atomic E-state index is 0.537. The Labute approximate surface area is 191 Å². The summed E-state index contributed by atoms with van der Waals surface area (Å²) in [6, 6.07) is 8.29. The van der Waals surface area contributed by atoms with Crippen molar-refractivity contribution in [1.29, 1.82) is 0 Å². The SMILES string of the molecule is COc1ccc(CCNC(=NCc2nnc(C)n2C)N2CCC(CN3CCCC3)C2)cc1. The third-order valence-electron chi connectivity index (χ3n) is 6.71. The highest BCUT2D eigenvalue weighted by Crippen LogP contribution is 2.20. The molecule has 0 radical (unpaired) electrons. The lowest BCUT2D eigenvalue weighted by Crippen LogP contribution is -2.41. The van der Waals surface area contributed by atoms with Gasteiger partial charge < -0.3 is 24.4 Å². The first-order valence-corrected chi connectivity index (χ1v) is 11.9. The normalized spacial score (nSPS) is 19.7. The molecular weight excluding hydrogens is 402 g/mol. The van der Waals surface area contributed by atoms with Gasteiger partial charge in [-0.3, -0.25) is 0 Å². The zero-order valence-corrected chi connectivity index (χ0v) is 19.8. The first kappa shape index (κ1) is 22.6. The summed E-state index contributed by atoms with van der Waals surface area (Å²) in [6.07, 6.45) is 4.89. The molecule has 1 N–H and O–H groups in total. The Kier molecular flexibility index (Phi) is 7.63. The summed E-state index contributed by atoms with van der Waals surface area (Å²) in [4.78, 5) is 10.0. The quantitative estimate of drug-likeness (QED) is 0.503. The van der Waals surface area contributed by atoms with Gasteiger partial charge in [0.2, 0.25) is 0 Å². The van der Waals surface area contributed by atoms with E-state index in [-0.39, 0.29) is 0 Å². The van der Waals surface area contributed by atoms with Crippen molar-refractivity contribution in [1.82, 2.24) is 29.9 Å². The summed E-state index contributed by atoms with van der Waals surface area (Å²) in [5, 5.41) is 12.1. The lowest BCUT2D eigenvalue weighted by atomic mass is 10.1. The Balaban J connectivity index is 1.37. The van der Waals surface area contributed by atoms with Crippen LogP contribution in [0, 0.1) is 12.8 Å². The maximum Gasteiger partial charge on any atom is 0.194 e. The molecule has 1 aromatic heterocycles. The number of aliphatic imine (C=N–C) groups is 1. The number of aromatic nitrogens is 3. The average molecular weight is 440 g/mol. The van der Waals surface area contributed by atoms with Crippen LogP contribution in [0.4, 0.5) is 0 Å². The summed E-state index contributed by atoms with van der Waals surface area (Å²) < 4.78 is 7.28. The number of hydrogen-bond acceptors (Lipinski definition) is 5. The van der Waals surface area contributed by atoms with E-state index in [1.807, 2.05) is 30.7 Å². The van der Waals surface area contributed by atoms with E-state index in [9.17, 15) is 0 Å². The summed E-state index contributed by atoms with van der Waals surface area (Å²) in [6.45, 7) is 9.24. The van der Waals surface area contributed by atoms with Crippen LogP contribution in [0.15, 0.2) is 29.3 Å². The van der Waals surface area contributed by atoms with E-state index < -0.39 is 0 Å². The predicted molar refractivity (Wildman–Crippen MR) is 127 cm³/mol. The molecule has 2 aliphatic heterocycles. The summed E-state index contributed by atoms with van der Waals surface area (Å²) in [5.41, 5.74) is 1.29. The van der Waals surface area contributed by atoms with Gasteiger partial charge in [-0.25, -0.2) is 4.99 Å². The zero-order chi connectivity index (χ0) is 22.3. The largest absolute Gasteiger partial charge is 0.497 e. The third kappa shape index (κ3) is 5.79. The van der Waals surface area contributed by atoms with E-state index >= 15 is 0 Å². The van der Waals surface area contributed by atoms with Gasteiger partial charge in [-0.15, -0.1) is 10.2 Å². The van der Waals surface area contributed by atoms with Crippen LogP contribution in [-0.4, -0.2) is 76.9 Å². The highest BCUT2D eigenvalue weighted by molar-refractivity contribution is 5.80. The van der Waals surface area contributed by atoms with Crippen LogP contribution in [-0.2, 0) is 20.0 Å². The van der Waals surface area contributed by atoms with Crippen molar-refractivity contribution in [3.63, 3.8) is 0 Å². The van der Waals surface area contributed by atoms with Gasteiger partial charge in [0, 0.05) is 33.2 Å². The van der Waals surface area contributed by atoms with Gasteiger partial charge in [0.15, 0.2) is 11.8 Å². The lowest BCUT2D eigenvalue weighted by molar-refractivity contribution is 0.281. The predicted octanol–water partition coefficient (Wildman–Crippen LogP) is 2.24. The molecule has 1 unspecified atom stereocenters. The second kappa shape index (κ2) is 10.8. The zero-order valence-electron chi connectivity index (χ0n) is 19.8. The fourth-order valence-corrected chi connectivity index (χ4v) is 4.62. The van der Waals surface area contributed by atoms with Gasteiger partial charge in [0.25, 0.3) is 0 Å². The van der Waals surface area contributed by atoms with Crippen LogP contribution in [0.2, 0.25) is 0 Å². The molecule has 2 aromatic rings. The van der Waals surface area contributed by atoms with Gasteiger partial charge in [0.05, 0.1) is 7.11 Å². The van der Waals surface area contributed by atoms with E-state index in [2.05, 4.69) is 37.4 Å². The second-order valence-electron chi connectivity index (χ2n) is 9.00. The van der Waals surface area contributed by atoms with Crippen LogP contribution in [0.3, 0.4) is 0 Å². The van der Waals surface area contributed by atoms with E-state index in [4.69, 9.17) is 9.73 Å². The van der Waals surface area contributed by atoms with Crippen LogP contribution < -0.4 is 10.1 Å². The Hall–Kier alpha value is -2.61. The van der Waals surface area contributed by atoms with Crippen molar-refractivity contribution in [2.75, 3.05) is 46.4 Å². The number of aryl methyl sites for hydroxylation is 1. The molecule has 0 bridgehead atoms. The number of likely N-dealkylation sites (tertiary alicyclic amines) is 2. The van der Waals surface area contributed by atoms with Crippen LogP contribution in [0.25, 0.3) is 0 Å². The average Bonchev–Trinajstić information content (AvgIpc) is 3.56. The second-order valence-corrected chi connectivity index (χ2v) is 9.00. The number of methoxy groups -OCH3 is 1. The molecule has 0 aliphatic carbocycles. The fourth-order valence-electron chi connectivity index (χ4n) is 4.62. The van der Waals surface area contributed by atoms with Gasteiger partial charge in [0.1, 0.15) is 18.1 Å². The first-order valence-electron chi connectivity index (χ1n) is 11.9. The van der Waals surface area contributed by atoms with Gasteiger partial charge >= 0.3 is 0 Å². The minimum Gasteiger partial charge on any atom is -0.497 e. The standard InChI is InChI=1S/C24H37N7O/c1-19-27-28-23(29(19)2)16-26-24(25-12-10-20-6-8-22(32-3)9-7-20)31-15-11-21(18-31)17-30-13-4-5-14-30/h6-9,21H,4-5,10-18H2,1-3H3,(H,25,26). The van der Waals surface area contributed by atoms with E-state index in [0.717, 1.165) is 55.3 Å². The van der Waals surface area contributed by atoms with Crippen LogP contribution in [0.1, 0.15) is 36.5 Å². The third-order valence-corrected chi connectivity index (χ3v) is 6.71. The van der Waals surface area contributed by atoms with Crippen LogP contribution >= 0.6 is 0 Å². The fraction of sp³-hybridized carbons (Fsp3) is 0.625. The molecule has 0 saturated carbocycles. The smallest absolute Gasteiger partial charge is 0.194 e. The summed E-state index contributed by atoms with van der Waals surface area (Å²) >= 11 is 0. The van der Waals surface area contributed by atoms with Crippen LogP contribution in [0.5, 0.6) is 5.75 Å². The number of ether oxygens (including phenoxy) is 1. The van der Waals surface area contributed by atoms with Gasteiger partial charge in [-0.1, -0.05) is 12.1 Å². The first-order chi connectivity index (χ1) is 15.6. The van der Waals surface area contributed by atoms with Crippen molar-refractivity contribution in [3.05, 3.63) is 41.5 Å².